The number of likely N-dealkylation sites (N-methyl/N-ethyl adjacent to an activating group) is 1. The highest BCUT2D eigenvalue weighted by Crippen LogP contribution is 2.33. The molecule has 0 spiro atoms. The van der Waals surface area contributed by atoms with E-state index < -0.39 is 10.9 Å². The molecule has 0 radical (unpaired) electrons. The van der Waals surface area contributed by atoms with E-state index in [-0.39, 0.29) is 23.1 Å². The van der Waals surface area contributed by atoms with Crippen molar-refractivity contribution in [2.45, 2.75) is 26.3 Å². The van der Waals surface area contributed by atoms with Gasteiger partial charge in [0.25, 0.3) is 0 Å². The smallest absolute Gasteiger partial charge is 0.345 e. The summed E-state index contributed by atoms with van der Waals surface area (Å²) in [5, 5.41) is 11.5. The number of hydrogen-bond donors (Lipinski definition) is 0. The fourth-order valence-corrected chi connectivity index (χ4v) is 2.64. The fourth-order valence-electron chi connectivity index (χ4n) is 2.64. The van der Waals surface area contributed by atoms with Gasteiger partial charge in [0.05, 0.1) is 24.7 Å². The molecule has 1 aromatic rings. The van der Waals surface area contributed by atoms with Gasteiger partial charge in [-0.2, -0.15) is 0 Å². The number of anilines is 1. The average molecular weight is 309 g/mol. The van der Waals surface area contributed by atoms with Crippen LogP contribution in [0.1, 0.15) is 29.4 Å². The molecule has 0 N–H and O–H groups in total. The number of carbonyl (C=O) groups is 1. The Kier molecular flexibility index (Phi) is 4.92. The van der Waals surface area contributed by atoms with Crippen LogP contribution in [0, 0.1) is 17.0 Å². The molecule has 1 fully saturated rings. The van der Waals surface area contributed by atoms with E-state index >= 15 is 0 Å². The van der Waals surface area contributed by atoms with Gasteiger partial charge >= 0.3 is 11.7 Å². The number of nitrogens with zero attached hydrogens (tertiary/aromatic N) is 3. The van der Waals surface area contributed by atoms with E-state index in [1.807, 2.05) is 11.8 Å². The monoisotopic (exact) mass is 309 g/mol. The normalized spacial score (nSPS) is 17.3. The van der Waals surface area contributed by atoms with Gasteiger partial charge in [-0.25, -0.2) is 9.78 Å². The molecule has 1 aliphatic heterocycles. The molecule has 8 heteroatoms. The van der Waals surface area contributed by atoms with Crippen LogP contribution in [-0.4, -0.2) is 48.8 Å². The van der Waals surface area contributed by atoms with Crippen molar-refractivity contribution in [3.63, 3.8) is 0 Å². The number of nitro groups is 1. The molecule has 0 bridgehead atoms. The number of pyridine rings is 1. The Morgan fingerprint density at radius 1 is 1.64 bits per heavy atom. The lowest BCUT2D eigenvalue weighted by Crippen LogP contribution is -2.37. The van der Waals surface area contributed by atoms with Gasteiger partial charge in [0, 0.05) is 18.8 Å². The summed E-state index contributed by atoms with van der Waals surface area (Å²) in [4.78, 5) is 28.9. The predicted molar refractivity (Wildman–Crippen MR) is 79.2 cm³/mol. The van der Waals surface area contributed by atoms with E-state index in [0.29, 0.717) is 25.5 Å². The number of ether oxygens (including phenoxy) is 2. The van der Waals surface area contributed by atoms with Crippen LogP contribution in [0.2, 0.25) is 0 Å². The minimum absolute atomic E-state index is 0.0171. The van der Waals surface area contributed by atoms with E-state index in [1.165, 1.54) is 13.2 Å². The van der Waals surface area contributed by atoms with E-state index in [2.05, 4.69) is 9.72 Å². The van der Waals surface area contributed by atoms with E-state index in [9.17, 15) is 14.9 Å². The van der Waals surface area contributed by atoms with Crippen molar-refractivity contribution in [1.29, 1.82) is 0 Å². The van der Waals surface area contributed by atoms with Crippen LogP contribution in [0.15, 0.2) is 6.07 Å². The van der Waals surface area contributed by atoms with Crippen molar-refractivity contribution in [3.05, 3.63) is 27.4 Å². The van der Waals surface area contributed by atoms with Crippen molar-refractivity contribution >= 4 is 17.5 Å². The second kappa shape index (κ2) is 6.69. The van der Waals surface area contributed by atoms with Crippen LogP contribution >= 0.6 is 0 Å². The molecule has 0 amide bonds. The molecule has 120 valence electrons. The molecule has 0 unspecified atom stereocenters. The van der Waals surface area contributed by atoms with Crippen LogP contribution in [0.25, 0.3) is 0 Å². The third kappa shape index (κ3) is 3.01. The first kappa shape index (κ1) is 16.2. The second-order valence-corrected chi connectivity index (χ2v) is 5.04. The van der Waals surface area contributed by atoms with Crippen LogP contribution in [-0.2, 0) is 9.47 Å². The number of aryl methyl sites for hydroxylation is 1. The lowest BCUT2D eigenvalue weighted by atomic mass is 10.1. The summed E-state index contributed by atoms with van der Waals surface area (Å²) in [6.07, 6.45) is 0.772. The quantitative estimate of drug-likeness (QED) is 0.464. The molecule has 22 heavy (non-hydrogen) atoms. The maximum absolute atomic E-state index is 11.9. The number of aromatic nitrogens is 1. The first-order valence-electron chi connectivity index (χ1n) is 7.08. The largest absolute Gasteiger partial charge is 0.465 e. The number of methoxy groups -OCH3 is 1. The van der Waals surface area contributed by atoms with Gasteiger partial charge in [-0.15, -0.1) is 0 Å². The van der Waals surface area contributed by atoms with Crippen molar-refractivity contribution in [2.24, 2.45) is 0 Å². The van der Waals surface area contributed by atoms with Crippen molar-refractivity contribution < 1.29 is 19.2 Å². The summed E-state index contributed by atoms with van der Waals surface area (Å²) in [6.45, 7) is 5.23. The van der Waals surface area contributed by atoms with Crippen molar-refractivity contribution in [2.75, 3.05) is 31.8 Å². The molecule has 8 nitrogen and oxygen atoms in total. The molecule has 1 aromatic heterocycles. The fraction of sp³-hybridized carbons (Fsp3) is 0.571. The maximum atomic E-state index is 11.9. The summed E-state index contributed by atoms with van der Waals surface area (Å²) in [5.74, 6) is -0.541. The molecule has 0 aromatic carbocycles. The molecule has 0 aliphatic carbocycles. The summed E-state index contributed by atoms with van der Waals surface area (Å²) < 4.78 is 10.0. The van der Waals surface area contributed by atoms with Gasteiger partial charge < -0.3 is 14.4 Å². The second-order valence-electron chi connectivity index (χ2n) is 5.04. The Hall–Kier alpha value is -2.22. The third-order valence-corrected chi connectivity index (χ3v) is 3.65. The van der Waals surface area contributed by atoms with Crippen molar-refractivity contribution in [1.82, 2.24) is 4.98 Å². The molecular weight excluding hydrogens is 290 g/mol. The average Bonchev–Trinajstić information content (AvgIpc) is 3.00. The van der Waals surface area contributed by atoms with E-state index in [4.69, 9.17) is 4.74 Å². The van der Waals surface area contributed by atoms with E-state index in [1.54, 1.807) is 6.92 Å². The van der Waals surface area contributed by atoms with Crippen molar-refractivity contribution in [3.8, 4) is 0 Å². The topological polar surface area (TPSA) is 94.8 Å². The SMILES string of the molecule is CCN(c1nc(C)cc(C(=O)OC)c1[N+](=O)[O-])[C@H]1CCOC1. The minimum Gasteiger partial charge on any atom is -0.465 e. The van der Waals surface area contributed by atoms with Gasteiger partial charge in [-0.3, -0.25) is 10.1 Å². The Morgan fingerprint density at radius 2 is 2.36 bits per heavy atom. The van der Waals surface area contributed by atoms with Crippen LogP contribution in [0.5, 0.6) is 0 Å². The number of esters is 1. The zero-order valence-electron chi connectivity index (χ0n) is 12.9. The summed E-state index contributed by atoms with van der Waals surface area (Å²) >= 11 is 0. The zero-order valence-corrected chi connectivity index (χ0v) is 12.9. The van der Waals surface area contributed by atoms with Gasteiger partial charge in [-0.1, -0.05) is 0 Å². The summed E-state index contributed by atoms with van der Waals surface area (Å²) in [6, 6.07) is 1.40. The first-order chi connectivity index (χ1) is 10.5. The van der Waals surface area contributed by atoms with Gasteiger partial charge in [0.1, 0.15) is 5.56 Å². The third-order valence-electron chi connectivity index (χ3n) is 3.65. The highest BCUT2D eigenvalue weighted by Gasteiger charge is 2.33. The molecule has 0 saturated carbocycles. The van der Waals surface area contributed by atoms with E-state index in [0.717, 1.165) is 6.42 Å². The molecule has 2 rings (SSSR count). The maximum Gasteiger partial charge on any atom is 0.345 e. The number of rotatable bonds is 5. The number of carbonyl (C=O) groups excluding carboxylic acids is 1. The molecule has 1 atom stereocenters. The van der Waals surface area contributed by atoms with Gasteiger partial charge in [-0.05, 0) is 26.3 Å². The Morgan fingerprint density at radius 3 is 2.86 bits per heavy atom. The summed E-state index contributed by atoms with van der Waals surface area (Å²) in [7, 11) is 1.20. The Balaban J connectivity index is 2.59. The molecule has 2 heterocycles. The van der Waals surface area contributed by atoms with Crippen LogP contribution in [0.4, 0.5) is 11.5 Å². The Labute approximate surface area is 128 Å². The summed E-state index contributed by atoms with van der Waals surface area (Å²) in [5.41, 5.74) is 0.136. The van der Waals surface area contributed by atoms with Gasteiger partial charge in [0.15, 0.2) is 0 Å². The predicted octanol–water partition coefficient (Wildman–Crippen LogP) is 1.70. The molecular formula is C14H19N3O5. The first-order valence-corrected chi connectivity index (χ1v) is 7.08. The molecule has 1 aliphatic rings. The highest BCUT2D eigenvalue weighted by molar-refractivity contribution is 5.96. The zero-order chi connectivity index (χ0) is 16.3. The lowest BCUT2D eigenvalue weighted by molar-refractivity contribution is -0.384. The van der Waals surface area contributed by atoms with Crippen LogP contribution in [0.3, 0.4) is 0 Å². The Bertz CT molecular complexity index is 584. The lowest BCUT2D eigenvalue weighted by Gasteiger charge is -2.27. The standard InChI is InChI=1S/C14H19N3O5/c1-4-16(10-5-6-22-8-10)13-12(17(19)20)11(14(18)21-3)7-9(2)15-13/h7,10H,4-6,8H2,1-3H3/t10-/m0/s1. The molecule has 1 saturated heterocycles. The number of hydrogen-bond acceptors (Lipinski definition) is 7. The minimum atomic E-state index is -0.739. The van der Waals surface area contributed by atoms with Gasteiger partial charge in [0.2, 0.25) is 5.82 Å². The highest BCUT2D eigenvalue weighted by atomic mass is 16.6. The van der Waals surface area contributed by atoms with Crippen LogP contribution < -0.4 is 4.90 Å².